The first-order valence-electron chi connectivity index (χ1n) is 6.01. The Morgan fingerprint density at radius 3 is 2.67 bits per heavy atom. The van der Waals surface area contributed by atoms with E-state index in [1.807, 2.05) is 0 Å². The van der Waals surface area contributed by atoms with Crippen molar-refractivity contribution in [3.05, 3.63) is 34.1 Å². The second-order valence-electron chi connectivity index (χ2n) is 4.92. The van der Waals surface area contributed by atoms with Gasteiger partial charge in [0, 0.05) is 19.1 Å². The van der Waals surface area contributed by atoms with E-state index in [4.69, 9.17) is 16.3 Å². The van der Waals surface area contributed by atoms with Crippen LogP contribution in [0.3, 0.4) is 0 Å². The van der Waals surface area contributed by atoms with E-state index < -0.39 is 0 Å². The molecule has 1 aromatic carbocycles. The van der Waals surface area contributed by atoms with Gasteiger partial charge in [-0.05, 0) is 43.9 Å². The predicted molar refractivity (Wildman–Crippen MR) is 68.7 cm³/mol. The Kier molecular flexibility index (Phi) is 3.74. The number of carbonyl (C=O) groups is 1. The molecule has 1 aliphatic carbocycles. The van der Waals surface area contributed by atoms with Gasteiger partial charge in [-0.2, -0.15) is 0 Å². The molecular formula is C14H16ClFO2. The van der Waals surface area contributed by atoms with Gasteiger partial charge in [-0.25, -0.2) is 4.39 Å². The summed E-state index contributed by atoms with van der Waals surface area (Å²) in [6.07, 6.45) is 3.19. The lowest BCUT2D eigenvalue weighted by molar-refractivity contribution is -0.0704. The van der Waals surface area contributed by atoms with Gasteiger partial charge in [0.05, 0.1) is 10.6 Å². The number of hydrogen-bond donors (Lipinski definition) is 0. The molecule has 0 N–H and O–H groups in total. The number of aryl methyl sites for hydroxylation is 1. The van der Waals surface area contributed by atoms with Gasteiger partial charge in [0.25, 0.3) is 0 Å². The second-order valence-corrected chi connectivity index (χ2v) is 5.33. The van der Waals surface area contributed by atoms with Crippen LogP contribution < -0.4 is 0 Å². The summed E-state index contributed by atoms with van der Waals surface area (Å²) < 4.78 is 18.7. The number of ketones is 1. The van der Waals surface area contributed by atoms with Gasteiger partial charge in [0.1, 0.15) is 5.82 Å². The molecule has 0 spiro atoms. The second kappa shape index (κ2) is 4.98. The Balaban J connectivity index is 2.21. The number of carbonyl (C=O) groups excluding carboxylic acids is 1. The van der Waals surface area contributed by atoms with Crippen molar-refractivity contribution in [2.45, 2.75) is 38.2 Å². The number of benzene rings is 1. The Bertz CT molecular complexity index is 475. The molecule has 1 aromatic rings. The maximum Gasteiger partial charge on any atom is 0.167 e. The molecule has 98 valence electrons. The van der Waals surface area contributed by atoms with Crippen molar-refractivity contribution >= 4 is 17.4 Å². The van der Waals surface area contributed by atoms with Gasteiger partial charge >= 0.3 is 0 Å². The molecule has 0 heterocycles. The summed E-state index contributed by atoms with van der Waals surface area (Å²) in [5.74, 6) is -0.466. The number of ether oxygens (including phenoxy) is 1. The average Bonchev–Trinajstić information content (AvgIpc) is 2.28. The van der Waals surface area contributed by atoms with Gasteiger partial charge in [-0.15, -0.1) is 0 Å². The Hall–Kier alpha value is -0.930. The quantitative estimate of drug-likeness (QED) is 0.775. The fraction of sp³-hybridized carbons (Fsp3) is 0.500. The zero-order chi connectivity index (χ0) is 13.3. The molecule has 0 aliphatic heterocycles. The van der Waals surface area contributed by atoms with Crippen molar-refractivity contribution in [3.8, 4) is 0 Å². The number of halogens is 2. The third kappa shape index (κ3) is 2.43. The predicted octanol–water partition coefficient (Wildman–Crippen LogP) is 3.93. The highest BCUT2D eigenvalue weighted by Gasteiger charge is 2.39. The maximum atomic E-state index is 13.3. The standard InChI is InChI=1S/C14H16ClFO2/c1-9-6-10(11(15)7-12(9)16)13(17)8-14(18-2)4-3-5-14/h6-7H,3-5,8H2,1-2H3. The van der Waals surface area contributed by atoms with Gasteiger partial charge in [0.2, 0.25) is 0 Å². The summed E-state index contributed by atoms with van der Waals surface area (Å²) in [6, 6.07) is 2.71. The summed E-state index contributed by atoms with van der Waals surface area (Å²) in [5, 5.41) is 0.175. The SMILES string of the molecule is COC1(CC(=O)c2cc(C)c(F)cc2Cl)CCC1. The van der Waals surface area contributed by atoms with E-state index in [0.29, 0.717) is 17.5 Å². The Labute approximate surface area is 111 Å². The number of Topliss-reactive ketones (excluding diaryl/α,β-unsaturated/α-hetero) is 1. The van der Waals surface area contributed by atoms with Crippen LogP contribution in [0.1, 0.15) is 41.6 Å². The minimum Gasteiger partial charge on any atom is -0.378 e. The first kappa shape index (κ1) is 13.5. The summed E-state index contributed by atoms with van der Waals surface area (Å²) in [6.45, 7) is 1.62. The third-order valence-electron chi connectivity index (χ3n) is 3.73. The van der Waals surface area contributed by atoms with Crippen molar-refractivity contribution in [3.63, 3.8) is 0 Å². The molecule has 1 aliphatic rings. The highest BCUT2D eigenvalue weighted by molar-refractivity contribution is 6.34. The summed E-state index contributed by atoms with van der Waals surface area (Å²) in [7, 11) is 1.63. The van der Waals surface area contributed by atoms with E-state index in [2.05, 4.69) is 0 Å². The van der Waals surface area contributed by atoms with Crippen LogP contribution >= 0.6 is 11.6 Å². The van der Waals surface area contributed by atoms with E-state index in [9.17, 15) is 9.18 Å². The Morgan fingerprint density at radius 1 is 1.50 bits per heavy atom. The van der Waals surface area contributed by atoms with Crippen LogP contribution in [0.4, 0.5) is 4.39 Å². The lowest BCUT2D eigenvalue weighted by Crippen LogP contribution is -2.41. The summed E-state index contributed by atoms with van der Waals surface area (Å²) in [5.41, 5.74) is 0.490. The summed E-state index contributed by atoms with van der Waals surface area (Å²) in [4.78, 5) is 12.2. The molecule has 0 atom stereocenters. The zero-order valence-electron chi connectivity index (χ0n) is 10.6. The molecule has 0 bridgehead atoms. The highest BCUT2D eigenvalue weighted by atomic mass is 35.5. The van der Waals surface area contributed by atoms with E-state index in [-0.39, 0.29) is 22.2 Å². The van der Waals surface area contributed by atoms with Crippen LogP contribution in [0.5, 0.6) is 0 Å². The van der Waals surface area contributed by atoms with Gasteiger partial charge in [-0.1, -0.05) is 11.6 Å². The number of hydrogen-bond acceptors (Lipinski definition) is 2. The van der Waals surface area contributed by atoms with Crippen LogP contribution in [0.25, 0.3) is 0 Å². The number of methoxy groups -OCH3 is 1. The van der Waals surface area contributed by atoms with E-state index in [1.54, 1.807) is 14.0 Å². The average molecular weight is 271 g/mol. The molecule has 0 amide bonds. The molecule has 2 rings (SSSR count). The molecule has 1 fully saturated rings. The van der Waals surface area contributed by atoms with E-state index >= 15 is 0 Å². The van der Waals surface area contributed by atoms with Crippen molar-refractivity contribution in [1.29, 1.82) is 0 Å². The smallest absolute Gasteiger partial charge is 0.167 e. The third-order valence-corrected chi connectivity index (χ3v) is 4.04. The minimum absolute atomic E-state index is 0.0790. The van der Waals surface area contributed by atoms with Crippen LogP contribution in [0.15, 0.2) is 12.1 Å². The fourth-order valence-corrected chi connectivity index (χ4v) is 2.54. The molecule has 0 saturated heterocycles. The fourth-order valence-electron chi connectivity index (χ4n) is 2.28. The molecular weight excluding hydrogens is 255 g/mol. The van der Waals surface area contributed by atoms with Gasteiger partial charge in [0.15, 0.2) is 5.78 Å². The van der Waals surface area contributed by atoms with Crippen molar-refractivity contribution < 1.29 is 13.9 Å². The Morgan fingerprint density at radius 2 is 2.17 bits per heavy atom. The van der Waals surface area contributed by atoms with E-state index in [1.165, 1.54) is 12.1 Å². The monoisotopic (exact) mass is 270 g/mol. The maximum absolute atomic E-state index is 13.3. The molecule has 2 nitrogen and oxygen atoms in total. The van der Waals surface area contributed by atoms with Crippen molar-refractivity contribution in [2.75, 3.05) is 7.11 Å². The molecule has 0 aromatic heterocycles. The summed E-state index contributed by atoms with van der Waals surface area (Å²) >= 11 is 5.93. The van der Waals surface area contributed by atoms with Gasteiger partial charge in [-0.3, -0.25) is 4.79 Å². The van der Waals surface area contributed by atoms with Gasteiger partial charge < -0.3 is 4.74 Å². The topological polar surface area (TPSA) is 26.3 Å². The van der Waals surface area contributed by atoms with Crippen molar-refractivity contribution in [1.82, 2.24) is 0 Å². The van der Waals surface area contributed by atoms with Crippen LogP contribution in [-0.4, -0.2) is 18.5 Å². The largest absolute Gasteiger partial charge is 0.378 e. The van der Waals surface area contributed by atoms with Crippen molar-refractivity contribution in [2.24, 2.45) is 0 Å². The number of rotatable bonds is 4. The molecule has 0 unspecified atom stereocenters. The first-order valence-corrected chi connectivity index (χ1v) is 6.39. The molecule has 18 heavy (non-hydrogen) atoms. The normalized spacial score (nSPS) is 17.3. The molecule has 1 saturated carbocycles. The first-order chi connectivity index (χ1) is 8.47. The molecule has 0 radical (unpaired) electrons. The lowest BCUT2D eigenvalue weighted by atomic mass is 9.75. The minimum atomic E-state index is -0.387. The van der Waals surface area contributed by atoms with E-state index in [0.717, 1.165) is 19.3 Å². The zero-order valence-corrected chi connectivity index (χ0v) is 11.3. The van der Waals surface area contributed by atoms with Crippen LogP contribution in [0.2, 0.25) is 5.02 Å². The lowest BCUT2D eigenvalue weighted by Gasteiger charge is -2.40. The van der Waals surface area contributed by atoms with Crippen LogP contribution in [-0.2, 0) is 4.74 Å². The highest BCUT2D eigenvalue weighted by Crippen LogP contribution is 2.39. The molecule has 4 heteroatoms. The van der Waals surface area contributed by atoms with Crippen LogP contribution in [0, 0.1) is 12.7 Å².